The molecule has 0 amide bonds. The van der Waals surface area contributed by atoms with Gasteiger partial charge in [0.05, 0.1) is 14.7 Å². The molecule has 0 bridgehead atoms. The smallest absolute Gasteiger partial charge is 0.312 e. The van der Waals surface area contributed by atoms with E-state index in [-0.39, 0.29) is 23.9 Å². The number of nitrogens with two attached hydrogens (primary N) is 1. The third-order valence-corrected chi connectivity index (χ3v) is 6.41. The predicted molar refractivity (Wildman–Crippen MR) is 103 cm³/mol. The van der Waals surface area contributed by atoms with Gasteiger partial charge in [-0.15, -0.1) is 0 Å². The van der Waals surface area contributed by atoms with Crippen LogP contribution in [0.2, 0.25) is 0 Å². The first-order valence-corrected chi connectivity index (χ1v) is 11.0. The highest BCUT2D eigenvalue weighted by Gasteiger charge is 2.20. The average Bonchev–Trinajstić information content (AvgIpc) is 2.64. The maximum atomic E-state index is 12.0. The molecule has 0 aliphatic rings. The van der Waals surface area contributed by atoms with E-state index in [0.29, 0.717) is 5.75 Å². The Morgan fingerprint density at radius 2 is 1.52 bits per heavy atom. The zero-order valence-electron chi connectivity index (χ0n) is 15.5. The van der Waals surface area contributed by atoms with Crippen molar-refractivity contribution >= 4 is 25.7 Å². The number of rotatable bonds is 9. The monoisotopic (exact) mass is 445 g/mol. The Morgan fingerprint density at radius 1 is 0.966 bits per heavy atom. The van der Waals surface area contributed by atoms with Crippen LogP contribution in [0.3, 0.4) is 0 Å². The topological polar surface area (TPSA) is 159 Å². The highest BCUT2D eigenvalue weighted by Crippen LogP contribution is 2.29. The standard InChI is InChI=1S/C16H19N3O8S2/c1-18(2)29(24,25)13-5-3-12(4-6-13)26-9-10-27-16-8-7-14(28(17,22)23)11-15(16)19(20)21/h3-8,11H,9-10H2,1-2H3,(H2,17,22,23). The fourth-order valence-corrected chi connectivity index (χ4v) is 3.60. The average molecular weight is 445 g/mol. The Kier molecular flexibility index (Phi) is 6.79. The normalized spacial score (nSPS) is 12.0. The van der Waals surface area contributed by atoms with Gasteiger partial charge in [-0.05, 0) is 36.4 Å². The number of nitrogens with zero attached hydrogens (tertiary/aromatic N) is 2. The zero-order chi connectivity index (χ0) is 21.8. The predicted octanol–water partition coefficient (Wildman–Crippen LogP) is 0.950. The minimum absolute atomic E-state index is 0.00781. The molecule has 13 heteroatoms. The summed E-state index contributed by atoms with van der Waals surface area (Å²) < 4.78 is 58.4. The fourth-order valence-electron chi connectivity index (χ4n) is 2.17. The van der Waals surface area contributed by atoms with Crippen molar-refractivity contribution in [3.05, 3.63) is 52.6 Å². The van der Waals surface area contributed by atoms with Crippen LogP contribution in [0, 0.1) is 10.1 Å². The van der Waals surface area contributed by atoms with Crippen LogP contribution in [0.4, 0.5) is 5.69 Å². The van der Waals surface area contributed by atoms with E-state index < -0.39 is 35.6 Å². The van der Waals surface area contributed by atoms with Crippen molar-refractivity contribution in [2.24, 2.45) is 5.14 Å². The minimum atomic E-state index is -4.09. The Balaban J connectivity index is 2.00. The lowest BCUT2D eigenvalue weighted by Crippen LogP contribution is -2.22. The van der Waals surface area contributed by atoms with Crippen LogP contribution in [-0.4, -0.2) is 53.4 Å². The molecule has 2 aromatic rings. The largest absolute Gasteiger partial charge is 0.490 e. The van der Waals surface area contributed by atoms with Crippen LogP contribution in [-0.2, 0) is 20.0 Å². The molecule has 0 saturated carbocycles. The molecule has 0 spiro atoms. The second-order valence-corrected chi connectivity index (χ2v) is 9.60. The van der Waals surface area contributed by atoms with Gasteiger partial charge in [0.25, 0.3) is 0 Å². The fraction of sp³-hybridized carbons (Fsp3) is 0.250. The molecule has 2 N–H and O–H groups in total. The molecule has 29 heavy (non-hydrogen) atoms. The van der Waals surface area contributed by atoms with Crippen LogP contribution >= 0.6 is 0 Å². The van der Waals surface area contributed by atoms with Crippen molar-refractivity contribution in [3.8, 4) is 11.5 Å². The molecule has 0 aliphatic heterocycles. The van der Waals surface area contributed by atoms with Gasteiger partial charge in [0.1, 0.15) is 19.0 Å². The third kappa shape index (κ3) is 5.63. The number of primary sulfonamides is 1. The summed E-state index contributed by atoms with van der Waals surface area (Å²) in [6, 6.07) is 8.78. The number of nitro groups is 1. The van der Waals surface area contributed by atoms with Gasteiger partial charge in [-0.25, -0.2) is 26.3 Å². The molecular formula is C16H19N3O8S2. The summed E-state index contributed by atoms with van der Waals surface area (Å²) in [7, 11) is -4.79. The molecule has 2 aromatic carbocycles. The molecular weight excluding hydrogens is 426 g/mol. The molecule has 0 fully saturated rings. The van der Waals surface area contributed by atoms with Crippen molar-refractivity contribution in [2.45, 2.75) is 9.79 Å². The van der Waals surface area contributed by atoms with Gasteiger partial charge < -0.3 is 9.47 Å². The summed E-state index contributed by atoms with van der Waals surface area (Å²) in [5.41, 5.74) is -0.547. The minimum Gasteiger partial charge on any atom is -0.490 e. The quantitative estimate of drug-likeness (QED) is 0.339. The van der Waals surface area contributed by atoms with Crippen LogP contribution < -0.4 is 14.6 Å². The Hall–Kier alpha value is -2.74. The van der Waals surface area contributed by atoms with Gasteiger partial charge in [0.15, 0.2) is 5.75 Å². The second-order valence-electron chi connectivity index (χ2n) is 5.89. The van der Waals surface area contributed by atoms with E-state index in [0.717, 1.165) is 22.5 Å². The lowest BCUT2D eigenvalue weighted by molar-refractivity contribution is -0.386. The van der Waals surface area contributed by atoms with Crippen molar-refractivity contribution in [1.29, 1.82) is 0 Å². The van der Waals surface area contributed by atoms with Gasteiger partial charge in [0.2, 0.25) is 20.0 Å². The van der Waals surface area contributed by atoms with Crippen LogP contribution in [0.5, 0.6) is 11.5 Å². The van der Waals surface area contributed by atoms with E-state index in [1.165, 1.54) is 38.4 Å². The first kappa shape index (κ1) is 22.5. The molecule has 0 aromatic heterocycles. The van der Waals surface area contributed by atoms with Crippen LogP contribution in [0.25, 0.3) is 0 Å². The molecule has 11 nitrogen and oxygen atoms in total. The molecule has 158 valence electrons. The summed E-state index contributed by atoms with van der Waals surface area (Å²) in [5.74, 6) is 0.240. The Bertz CT molecular complexity index is 1100. The summed E-state index contributed by atoms with van der Waals surface area (Å²) >= 11 is 0. The van der Waals surface area contributed by atoms with E-state index in [4.69, 9.17) is 14.6 Å². The van der Waals surface area contributed by atoms with Crippen molar-refractivity contribution in [2.75, 3.05) is 27.3 Å². The van der Waals surface area contributed by atoms with Crippen LogP contribution in [0.15, 0.2) is 52.3 Å². The summed E-state index contributed by atoms with van der Waals surface area (Å²) in [4.78, 5) is 10.0. The van der Waals surface area contributed by atoms with E-state index in [9.17, 15) is 26.9 Å². The first-order chi connectivity index (χ1) is 13.4. The van der Waals surface area contributed by atoms with Crippen LogP contribution in [0.1, 0.15) is 0 Å². The third-order valence-electron chi connectivity index (χ3n) is 3.67. The van der Waals surface area contributed by atoms with E-state index in [2.05, 4.69) is 0 Å². The van der Waals surface area contributed by atoms with Crippen molar-refractivity contribution < 1.29 is 31.2 Å². The molecule has 2 rings (SSSR count). The van der Waals surface area contributed by atoms with Crippen molar-refractivity contribution in [3.63, 3.8) is 0 Å². The molecule has 0 saturated heterocycles. The first-order valence-electron chi connectivity index (χ1n) is 8.02. The van der Waals surface area contributed by atoms with E-state index >= 15 is 0 Å². The highest BCUT2D eigenvalue weighted by molar-refractivity contribution is 7.89. The maximum Gasteiger partial charge on any atom is 0.312 e. The van der Waals surface area contributed by atoms with Gasteiger partial charge >= 0.3 is 5.69 Å². The summed E-state index contributed by atoms with van der Waals surface area (Å²) in [6.45, 7) is -0.0683. The number of hydrogen-bond donors (Lipinski definition) is 1. The number of benzene rings is 2. The maximum absolute atomic E-state index is 12.0. The lowest BCUT2D eigenvalue weighted by Gasteiger charge is -2.12. The summed E-state index contributed by atoms with van der Waals surface area (Å²) in [6.07, 6.45) is 0. The number of sulfonamides is 2. The number of ether oxygens (including phenoxy) is 2. The second kappa shape index (κ2) is 8.73. The number of hydrogen-bond acceptors (Lipinski definition) is 8. The highest BCUT2D eigenvalue weighted by atomic mass is 32.2. The zero-order valence-corrected chi connectivity index (χ0v) is 17.1. The molecule has 0 heterocycles. The molecule has 0 radical (unpaired) electrons. The summed E-state index contributed by atoms with van der Waals surface area (Å²) in [5, 5.41) is 16.1. The molecule has 0 atom stereocenters. The van der Waals surface area contributed by atoms with Crippen molar-refractivity contribution in [1.82, 2.24) is 4.31 Å². The van der Waals surface area contributed by atoms with E-state index in [1.807, 2.05) is 0 Å². The van der Waals surface area contributed by atoms with E-state index in [1.54, 1.807) is 0 Å². The van der Waals surface area contributed by atoms with Gasteiger partial charge in [-0.2, -0.15) is 0 Å². The molecule has 0 aliphatic carbocycles. The Labute approximate surface area is 167 Å². The molecule has 0 unspecified atom stereocenters. The number of nitro benzene ring substituents is 1. The van der Waals surface area contributed by atoms with Gasteiger partial charge in [-0.1, -0.05) is 0 Å². The lowest BCUT2D eigenvalue weighted by atomic mass is 10.3. The van der Waals surface area contributed by atoms with Gasteiger partial charge in [-0.3, -0.25) is 10.1 Å². The Morgan fingerprint density at radius 3 is 2.03 bits per heavy atom. The SMILES string of the molecule is CN(C)S(=O)(=O)c1ccc(OCCOc2ccc(S(N)(=O)=O)cc2[N+](=O)[O-])cc1. The van der Waals surface area contributed by atoms with Gasteiger partial charge in [0, 0.05) is 20.2 Å².